The molecule has 8 heteroatoms. The predicted octanol–water partition coefficient (Wildman–Crippen LogP) is 5.84. The standard InChI is InChI=1S/C17H10Cl4N2O2/c1-7(24)13-16(25)14-9(19)3-4-10(20)15(14)23-17(13)22-12-5-2-8(18)6-11(12)21/h2-6,13H,1H3,(H,22,23). The summed E-state index contributed by atoms with van der Waals surface area (Å²) in [6.07, 6.45) is 0. The Balaban J connectivity index is 2.15. The lowest BCUT2D eigenvalue weighted by Gasteiger charge is -2.24. The van der Waals surface area contributed by atoms with E-state index in [0.717, 1.165) is 0 Å². The molecule has 1 atom stereocenters. The van der Waals surface area contributed by atoms with Gasteiger partial charge in [-0.25, -0.2) is 4.99 Å². The maximum Gasteiger partial charge on any atom is 0.184 e. The average Bonchev–Trinajstić information content (AvgIpc) is 2.53. The number of nitrogens with one attached hydrogen (secondary N) is 1. The number of rotatable bonds is 2. The second-order valence-electron chi connectivity index (χ2n) is 5.41. The van der Waals surface area contributed by atoms with Crippen molar-refractivity contribution in [3.63, 3.8) is 0 Å². The number of halogens is 4. The zero-order valence-corrected chi connectivity index (χ0v) is 15.8. The molecule has 1 aliphatic heterocycles. The normalized spacial score (nSPS) is 16.3. The van der Waals surface area contributed by atoms with E-state index < -0.39 is 11.7 Å². The Morgan fingerprint density at radius 2 is 1.72 bits per heavy atom. The molecule has 2 aromatic rings. The summed E-state index contributed by atoms with van der Waals surface area (Å²) in [5, 5.41) is 4.19. The van der Waals surface area contributed by atoms with Crippen LogP contribution in [0.2, 0.25) is 20.1 Å². The second-order valence-corrected chi connectivity index (χ2v) is 7.06. The van der Waals surface area contributed by atoms with Crippen LogP contribution < -0.4 is 5.32 Å². The Kier molecular flexibility index (Phi) is 5.07. The number of ketones is 2. The van der Waals surface area contributed by atoms with Gasteiger partial charge >= 0.3 is 0 Å². The zero-order valence-electron chi connectivity index (χ0n) is 12.7. The fraction of sp³-hybridized carbons (Fsp3) is 0.118. The van der Waals surface area contributed by atoms with Crippen LogP contribution in [0.5, 0.6) is 0 Å². The molecule has 0 aromatic heterocycles. The second kappa shape index (κ2) is 6.96. The molecule has 0 radical (unpaired) electrons. The smallest absolute Gasteiger partial charge is 0.184 e. The van der Waals surface area contributed by atoms with Crippen LogP contribution in [0, 0.1) is 5.92 Å². The van der Waals surface area contributed by atoms with Crippen LogP contribution >= 0.6 is 46.4 Å². The van der Waals surface area contributed by atoms with E-state index in [0.29, 0.717) is 15.7 Å². The van der Waals surface area contributed by atoms with Crippen LogP contribution in [0.3, 0.4) is 0 Å². The fourth-order valence-electron chi connectivity index (χ4n) is 2.54. The first-order valence-corrected chi connectivity index (χ1v) is 8.64. The number of amidine groups is 1. The van der Waals surface area contributed by atoms with Crippen molar-refractivity contribution in [3.8, 4) is 0 Å². The number of nitrogens with zero attached hydrogens (tertiary/aromatic N) is 1. The third-order valence-corrected chi connectivity index (χ3v) is 4.86. The first kappa shape index (κ1) is 18.2. The molecule has 0 bridgehead atoms. The minimum absolute atomic E-state index is 0.137. The third kappa shape index (κ3) is 3.40. The lowest BCUT2D eigenvalue weighted by Crippen LogP contribution is -2.37. The molecule has 2 aromatic carbocycles. The van der Waals surface area contributed by atoms with Gasteiger partial charge in [0.2, 0.25) is 0 Å². The molecule has 0 saturated carbocycles. The van der Waals surface area contributed by atoms with E-state index in [4.69, 9.17) is 46.4 Å². The molecule has 1 unspecified atom stereocenters. The van der Waals surface area contributed by atoms with E-state index in [-0.39, 0.29) is 32.9 Å². The summed E-state index contributed by atoms with van der Waals surface area (Å²) in [6.45, 7) is 1.31. The van der Waals surface area contributed by atoms with Crippen LogP contribution in [-0.4, -0.2) is 17.4 Å². The average molecular weight is 416 g/mol. The molecule has 4 nitrogen and oxygen atoms in total. The molecule has 0 aliphatic carbocycles. The molecule has 0 spiro atoms. The first-order chi connectivity index (χ1) is 11.8. The Bertz CT molecular complexity index is 940. The quantitative estimate of drug-likeness (QED) is 0.626. The van der Waals surface area contributed by atoms with E-state index in [9.17, 15) is 9.59 Å². The Morgan fingerprint density at radius 1 is 1.04 bits per heavy atom. The van der Waals surface area contributed by atoms with Crippen molar-refractivity contribution >= 4 is 75.2 Å². The van der Waals surface area contributed by atoms with Gasteiger partial charge in [-0.2, -0.15) is 0 Å². The van der Waals surface area contributed by atoms with Gasteiger partial charge in [0.1, 0.15) is 17.5 Å². The minimum Gasteiger partial charge on any atom is -0.342 e. The SMILES string of the molecule is CC(=O)C1C(=O)c2c(Cl)ccc(Cl)c2N=C1Nc1ccc(Cl)cc1Cl. The van der Waals surface area contributed by atoms with Crippen LogP contribution in [0.15, 0.2) is 35.3 Å². The van der Waals surface area contributed by atoms with Gasteiger partial charge in [0.25, 0.3) is 0 Å². The molecule has 25 heavy (non-hydrogen) atoms. The third-order valence-electron chi connectivity index (χ3n) is 3.69. The van der Waals surface area contributed by atoms with Gasteiger partial charge in [-0.15, -0.1) is 0 Å². The van der Waals surface area contributed by atoms with Gasteiger partial charge in [-0.1, -0.05) is 46.4 Å². The number of aliphatic imine (C=N–C) groups is 1. The summed E-state index contributed by atoms with van der Waals surface area (Å²) in [5.41, 5.74) is 0.830. The van der Waals surface area contributed by atoms with Crippen LogP contribution in [0.25, 0.3) is 0 Å². The van der Waals surface area contributed by atoms with Crippen molar-refractivity contribution in [1.29, 1.82) is 0 Å². The van der Waals surface area contributed by atoms with Crippen molar-refractivity contribution in [2.75, 3.05) is 5.32 Å². The lowest BCUT2D eigenvalue weighted by atomic mass is 9.89. The van der Waals surface area contributed by atoms with Crippen molar-refractivity contribution in [3.05, 3.63) is 56.0 Å². The van der Waals surface area contributed by atoms with Crippen molar-refractivity contribution in [2.45, 2.75) is 6.92 Å². The molecule has 128 valence electrons. The number of fused-ring (bicyclic) bond motifs is 1. The van der Waals surface area contributed by atoms with Crippen molar-refractivity contribution in [1.82, 2.24) is 0 Å². The molecule has 1 N–H and O–H groups in total. The number of anilines is 1. The summed E-state index contributed by atoms with van der Waals surface area (Å²) in [6, 6.07) is 7.84. The van der Waals surface area contributed by atoms with E-state index in [1.165, 1.54) is 19.1 Å². The van der Waals surface area contributed by atoms with E-state index in [2.05, 4.69) is 10.3 Å². The summed E-state index contributed by atoms with van der Waals surface area (Å²) < 4.78 is 0. The first-order valence-electron chi connectivity index (χ1n) is 7.13. The number of hydrogen-bond donors (Lipinski definition) is 1. The number of benzene rings is 2. The van der Waals surface area contributed by atoms with Gasteiger partial charge in [-0.05, 0) is 37.3 Å². The lowest BCUT2D eigenvalue weighted by molar-refractivity contribution is -0.117. The molecule has 0 fully saturated rings. The Morgan fingerprint density at radius 3 is 2.36 bits per heavy atom. The van der Waals surface area contributed by atoms with Crippen molar-refractivity contribution in [2.24, 2.45) is 10.9 Å². The Hall–Kier alpha value is -1.59. The highest BCUT2D eigenvalue weighted by Gasteiger charge is 2.37. The monoisotopic (exact) mass is 414 g/mol. The summed E-state index contributed by atoms with van der Waals surface area (Å²) in [4.78, 5) is 29.3. The zero-order chi connectivity index (χ0) is 18.3. The predicted molar refractivity (Wildman–Crippen MR) is 102 cm³/mol. The highest BCUT2D eigenvalue weighted by atomic mass is 35.5. The summed E-state index contributed by atoms with van der Waals surface area (Å²) in [5.74, 6) is -1.81. The number of Topliss-reactive ketones (excluding diaryl/α,β-unsaturated/α-hetero) is 2. The van der Waals surface area contributed by atoms with Crippen LogP contribution in [0.4, 0.5) is 11.4 Å². The highest BCUT2D eigenvalue weighted by molar-refractivity contribution is 6.42. The van der Waals surface area contributed by atoms with Gasteiger partial charge in [0.05, 0.1) is 32.0 Å². The molecule has 3 rings (SSSR count). The molecule has 0 amide bonds. The molecule has 1 heterocycles. The van der Waals surface area contributed by atoms with Crippen LogP contribution in [-0.2, 0) is 4.79 Å². The topological polar surface area (TPSA) is 58.5 Å². The number of hydrogen-bond acceptors (Lipinski definition) is 4. The van der Waals surface area contributed by atoms with Gasteiger partial charge in [-0.3, -0.25) is 9.59 Å². The maximum absolute atomic E-state index is 12.8. The number of carbonyl (C=O) groups is 2. The largest absolute Gasteiger partial charge is 0.342 e. The van der Waals surface area contributed by atoms with Gasteiger partial charge < -0.3 is 5.32 Å². The van der Waals surface area contributed by atoms with Gasteiger partial charge in [0.15, 0.2) is 5.78 Å². The maximum atomic E-state index is 12.8. The molecule has 0 saturated heterocycles. The van der Waals surface area contributed by atoms with E-state index in [1.807, 2.05) is 0 Å². The number of carbonyl (C=O) groups excluding carboxylic acids is 2. The molecule has 1 aliphatic rings. The Labute approximate surface area is 163 Å². The highest BCUT2D eigenvalue weighted by Crippen LogP contribution is 2.40. The van der Waals surface area contributed by atoms with Crippen molar-refractivity contribution < 1.29 is 9.59 Å². The van der Waals surface area contributed by atoms with E-state index >= 15 is 0 Å². The minimum atomic E-state index is -1.12. The summed E-state index contributed by atoms with van der Waals surface area (Å²) >= 11 is 24.3. The van der Waals surface area contributed by atoms with E-state index in [1.54, 1.807) is 18.2 Å². The summed E-state index contributed by atoms with van der Waals surface area (Å²) in [7, 11) is 0. The molecular weight excluding hydrogens is 406 g/mol. The fourth-order valence-corrected chi connectivity index (χ4v) is 3.45. The van der Waals surface area contributed by atoms with Gasteiger partial charge in [0, 0.05) is 5.02 Å². The molecular formula is C17H10Cl4N2O2. The van der Waals surface area contributed by atoms with Crippen LogP contribution in [0.1, 0.15) is 17.3 Å².